The van der Waals surface area contributed by atoms with Crippen LogP contribution < -0.4 is 10.6 Å². The second kappa shape index (κ2) is 5.08. The van der Waals surface area contributed by atoms with Crippen LogP contribution in [-0.4, -0.2) is 43.0 Å². The molecule has 1 aromatic rings. The molecule has 1 aliphatic heterocycles. The Kier molecular flexibility index (Phi) is 3.76. The number of aromatic nitrogens is 2. The summed E-state index contributed by atoms with van der Waals surface area (Å²) >= 11 is 0. The first-order chi connectivity index (χ1) is 9.17. The van der Waals surface area contributed by atoms with Gasteiger partial charge in [0.25, 0.3) is 0 Å². The average Bonchev–Trinajstić information content (AvgIpc) is 2.48. The zero-order valence-corrected chi connectivity index (χ0v) is 11.2. The van der Waals surface area contributed by atoms with E-state index in [0.29, 0.717) is 13.0 Å². The van der Waals surface area contributed by atoms with Gasteiger partial charge in [0, 0.05) is 19.2 Å². The molecule has 20 heavy (non-hydrogen) atoms. The van der Waals surface area contributed by atoms with Crippen LogP contribution in [0.1, 0.15) is 12.1 Å². The van der Waals surface area contributed by atoms with Gasteiger partial charge in [-0.1, -0.05) is 0 Å². The molecule has 0 aliphatic carbocycles. The molecule has 0 unspecified atom stereocenters. The monoisotopic (exact) mass is 310 g/mol. The summed E-state index contributed by atoms with van der Waals surface area (Å²) in [7, 11) is -3.15. The van der Waals surface area contributed by atoms with Crippen LogP contribution in [0.15, 0.2) is 6.07 Å². The lowest BCUT2D eigenvalue weighted by atomic mass is 10.3. The van der Waals surface area contributed by atoms with Crippen molar-refractivity contribution in [2.45, 2.75) is 12.6 Å². The van der Waals surface area contributed by atoms with Gasteiger partial charge in [0.2, 0.25) is 5.95 Å². The number of anilines is 2. The van der Waals surface area contributed by atoms with Crippen molar-refractivity contribution in [1.82, 2.24) is 9.97 Å². The first kappa shape index (κ1) is 14.8. The summed E-state index contributed by atoms with van der Waals surface area (Å²) in [6.07, 6.45) is -4.28. The Hall–Kier alpha value is -1.58. The molecular weight excluding hydrogens is 297 g/mol. The topological polar surface area (TPSA) is 89.2 Å². The van der Waals surface area contributed by atoms with E-state index in [-0.39, 0.29) is 23.9 Å². The molecule has 2 N–H and O–H groups in total. The second-order valence-electron chi connectivity index (χ2n) is 4.46. The van der Waals surface area contributed by atoms with Crippen LogP contribution in [0.4, 0.5) is 24.9 Å². The van der Waals surface area contributed by atoms with Crippen molar-refractivity contribution >= 4 is 21.6 Å². The van der Waals surface area contributed by atoms with Crippen molar-refractivity contribution in [1.29, 1.82) is 0 Å². The van der Waals surface area contributed by atoms with Crippen molar-refractivity contribution in [3.8, 4) is 0 Å². The molecule has 1 aromatic heterocycles. The van der Waals surface area contributed by atoms with Crippen LogP contribution in [0.2, 0.25) is 0 Å². The number of nitrogens with zero attached hydrogens (tertiary/aromatic N) is 3. The van der Waals surface area contributed by atoms with Crippen LogP contribution >= 0.6 is 0 Å². The van der Waals surface area contributed by atoms with Gasteiger partial charge in [-0.3, -0.25) is 0 Å². The van der Waals surface area contributed by atoms with Crippen molar-refractivity contribution in [3.63, 3.8) is 0 Å². The number of nitrogen functional groups attached to an aromatic ring is 1. The van der Waals surface area contributed by atoms with Gasteiger partial charge in [0.1, 0.15) is 5.82 Å². The van der Waals surface area contributed by atoms with Gasteiger partial charge in [-0.2, -0.15) is 18.2 Å². The fourth-order valence-electron chi connectivity index (χ4n) is 1.93. The predicted molar refractivity (Wildman–Crippen MR) is 66.9 cm³/mol. The molecule has 2 heterocycles. The third kappa shape index (κ3) is 3.50. The number of halogens is 3. The minimum Gasteiger partial charge on any atom is -0.368 e. The highest BCUT2D eigenvalue weighted by atomic mass is 32.2. The van der Waals surface area contributed by atoms with Crippen LogP contribution in [0, 0.1) is 0 Å². The molecule has 112 valence electrons. The highest BCUT2D eigenvalue weighted by Crippen LogP contribution is 2.30. The van der Waals surface area contributed by atoms with Gasteiger partial charge in [-0.25, -0.2) is 13.4 Å². The lowest BCUT2D eigenvalue weighted by Gasteiger charge is -2.21. The molecule has 1 aliphatic rings. The van der Waals surface area contributed by atoms with Crippen LogP contribution in [0.5, 0.6) is 0 Å². The van der Waals surface area contributed by atoms with Crippen molar-refractivity contribution in [2.24, 2.45) is 0 Å². The molecular formula is C10H13F3N4O2S. The van der Waals surface area contributed by atoms with Crippen LogP contribution in [-0.2, 0) is 16.0 Å². The first-order valence-corrected chi connectivity index (χ1v) is 7.67. The summed E-state index contributed by atoms with van der Waals surface area (Å²) in [5, 5.41) is 0. The molecule has 10 heteroatoms. The highest BCUT2D eigenvalue weighted by molar-refractivity contribution is 7.91. The minimum atomic E-state index is -4.62. The Morgan fingerprint density at radius 3 is 2.55 bits per heavy atom. The molecule has 0 amide bonds. The highest BCUT2D eigenvalue weighted by Gasteiger charge is 2.34. The van der Waals surface area contributed by atoms with Crippen LogP contribution in [0.25, 0.3) is 0 Å². The van der Waals surface area contributed by atoms with Gasteiger partial charge in [-0.05, 0) is 6.42 Å². The fraction of sp³-hybridized carbons (Fsp3) is 0.600. The summed E-state index contributed by atoms with van der Waals surface area (Å²) < 4.78 is 60.9. The molecule has 1 fully saturated rings. The van der Waals surface area contributed by atoms with Crippen molar-refractivity contribution in [3.05, 3.63) is 11.8 Å². The van der Waals surface area contributed by atoms with E-state index >= 15 is 0 Å². The quantitative estimate of drug-likeness (QED) is 0.821. The maximum absolute atomic E-state index is 12.7. The van der Waals surface area contributed by atoms with Gasteiger partial charge < -0.3 is 10.6 Å². The van der Waals surface area contributed by atoms with Gasteiger partial charge in [0.05, 0.1) is 11.5 Å². The second-order valence-corrected chi connectivity index (χ2v) is 6.76. The summed E-state index contributed by atoms with van der Waals surface area (Å²) in [6, 6.07) is 0.786. The van der Waals surface area contributed by atoms with E-state index in [1.807, 2.05) is 0 Å². The molecule has 0 aromatic carbocycles. The smallest absolute Gasteiger partial charge is 0.368 e. The molecule has 0 bridgehead atoms. The zero-order valence-electron chi connectivity index (χ0n) is 10.4. The molecule has 0 atom stereocenters. The third-order valence-electron chi connectivity index (χ3n) is 2.90. The Balaban J connectivity index is 2.31. The van der Waals surface area contributed by atoms with Gasteiger partial charge in [0.15, 0.2) is 15.5 Å². The number of alkyl halides is 3. The van der Waals surface area contributed by atoms with E-state index < -0.39 is 27.7 Å². The van der Waals surface area contributed by atoms with E-state index in [0.717, 1.165) is 6.07 Å². The maximum atomic E-state index is 12.7. The lowest BCUT2D eigenvalue weighted by Crippen LogP contribution is -2.28. The standard InChI is InChI=1S/C10H13F3N4O2S/c11-10(12,13)7-6-8(16-9(14)15-7)17-2-1-4-20(18,19)5-3-17/h6H,1-5H2,(H2,14,15,16). The normalized spacial score (nSPS) is 19.6. The summed E-state index contributed by atoms with van der Waals surface area (Å²) in [4.78, 5) is 8.39. The molecule has 0 saturated carbocycles. The molecule has 2 rings (SSSR count). The van der Waals surface area contributed by atoms with E-state index in [4.69, 9.17) is 5.73 Å². The van der Waals surface area contributed by atoms with E-state index in [2.05, 4.69) is 9.97 Å². The zero-order chi connectivity index (χ0) is 15.0. The number of rotatable bonds is 1. The number of hydrogen-bond donors (Lipinski definition) is 1. The first-order valence-electron chi connectivity index (χ1n) is 5.84. The fourth-order valence-corrected chi connectivity index (χ4v) is 3.20. The third-order valence-corrected chi connectivity index (χ3v) is 4.62. The Bertz CT molecular complexity index is 603. The Morgan fingerprint density at radius 1 is 1.20 bits per heavy atom. The van der Waals surface area contributed by atoms with Crippen LogP contribution in [0.3, 0.4) is 0 Å². The number of nitrogens with two attached hydrogens (primary N) is 1. The summed E-state index contributed by atoms with van der Waals surface area (Å²) in [5.41, 5.74) is 4.16. The average molecular weight is 310 g/mol. The van der Waals surface area contributed by atoms with Crippen molar-refractivity contribution < 1.29 is 21.6 Å². The van der Waals surface area contributed by atoms with E-state index in [9.17, 15) is 21.6 Å². The number of hydrogen-bond acceptors (Lipinski definition) is 6. The van der Waals surface area contributed by atoms with E-state index in [1.54, 1.807) is 0 Å². The van der Waals surface area contributed by atoms with Gasteiger partial charge >= 0.3 is 6.18 Å². The molecule has 1 saturated heterocycles. The minimum absolute atomic E-state index is 0.00178. The predicted octanol–water partition coefficient (Wildman–Crippen LogP) is 0.703. The lowest BCUT2D eigenvalue weighted by molar-refractivity contribution is -0.141. The Labute approximate surface area is 113 Å². The maximum Gasteiger partial charge on any atom is 0.433 e. The summed E-state index contributed by atoms with van der Waals surface area (Å²) in [6.45, 7) is 0.406. The van der Waals surface area contributed by atoms with E-state index in [1.165, 1.54) is 4.90 Å². The SMILES string of the molecule is Nc1nc(N2CCCS(=O)(=O)CC2)cc(C(F)(F)F)n1. The van der Waals surface area contributed by atoms with Crippen molar-refractivity contribution in [2.75, 3.05) is 35.2 Å². The Morgan fingerprint density at radius 2 is 1.90 bits per heavy atom. The molecule has 0 radical (unpaired) electrons. The number of sulfone groups is 1. The van der Waals surface area contributed by atoms with Gasteiger partial charge in [-0.15, -0.1) is 0 Å². The molecule has 6 nitrogen and oxygen atoms in total. The summed E-state index contributed by atoms with van der Waals surface area (Å²) in [5.74, 6) is -0.571. The molecule has 0 spiro atoms. The largest absolute Gasteiger partial charge is 0.433 e.